The third-order valence-electron chi connectivity index (χ3n) is 7.46. The van der Waals surface area contributed by atoms with Crippen molar-refractivity contribution in [3.8, 4) is 39.6 Å². The molecule has 0 saturated heterocycles. The van der Waals surface area contributed by atoms with Crippen LogP contribution >= 0.6 is 0 Å². The van der Waals surface area contributed by atoms with Crippen LogP contribution in [-0.2, 0) is 26.5 Å². The molecule has 2 aromatic heterocycles. The summed E-state index contributed by atoms with van der Waals surface area (Å²) in [5, 5.41) is 14.9. The first-order valence-electron chi connectivity index (χ1n) is 13.4. The van der Waals surface area contributed by atoms with Crippen molar-refractivity contribution in [2.24, 2.45) is 0 Å². The molecule has 41 heavy (non-hydrogen) atoms. The van der Waals surface area contributed by atoms with Crippen LogP contribution in [0, 0.1) is 6.07 Å². The smallest absolute Gasteiger partial charge is 0.230 e. The van der Waals surface area contributed by atoms with E-state index in [4.69, 9.17) is 14.4 Å². The molecule has 0 aliphatic carbocycles. The zero-order chi connectivity index (χ0) is 27.4. The average molecular weight is 715 g/mol. The van der Waals surface area contributed by atoms with Crippen molar-refractivity contribution in [2.45, 2.75) is 26.2 Å². The van der Waals surface area contributed by atoms with Gasteiger partial charge >= 0.3 is 0 Å². The second kappa shape index (κ2) is 10.3. The molecule has 0 spiro atoms. The van der Waals surface area contributed by atoms with Crippen LogP contribution in [0.25, 0.3) is 66.5 Å². The summed E-state index contributed by atoms with van der Waals surface area (Å²) in [6, 6.07) is 36.0. The van der Waals surface area contributed by atoms with Crippen molar-refractivity contribution in [3.63, 3.8) is 0 Å². The summed E-state index contributed by atoms with van der Waals surface area (Å²) >= 11 is 0. The maximum Gasteiger partial charge on any atom is 0.230 e. The Morgan fingerprint density at radius 3 is 2.24 bits per heavy atom. The SMILES string of the molecule is CC(C)(C)c1cc(-c2[c-]c(-c3cc4ccccc4cn3)cc3ccccc23)c2nc(-c3ccccc3O)oc2c1.[Pt]. The first-order chi connectivity index (χ1) is 19.3. The molecule has 1 N–H and O–H groups in total. The summed E-state index contributed by atoms with van der Waals surface area (Å²) in [4.78, 5) is 9.73. The second-order valence-electron chi connectivity index (χ2n) is 11.2. The van der Waals surface area contributed by atoms with Gasteiger partial charge in [-0.3, -0.25) is 4.98 Å². The standard InChI is InChI=1S/C36H27N2O2.Pt/c1-36(2,3)26-19-30(34-33(20-26)40-35(38-34)28-14-8-9-15-32(28)39)29-17-25(16-23-11-6-7-13-27(23)29)31-18-22-10-4-5-12-24(22)21-37-31;/h4-16,18-21,39H,1-3H3;/q-1;. The number of phenolic OH excluding ortho intramolecular Hbond substituents is 1. The van der Waals surface area contributed by atoms with Crippen LogP contribution in [0.3, 0.4) is 0 Å². The molecule has 7 rings (SSSR count). The quantitative estimate of drug-likeness (QED) is 0.186. The van der Waals surface area contributed by atoms with Gasteiger partial charge < -0.3 is 9.52 Å². The summed E-state index contributed by atoms with van der Waals surface area (Å²) in [6.07, 6.45) is 1.92. The van der Waals surface area contributed by atoms with Crippen LogP contribution < -0.4 is 0 Å². The number of aromatic hydroxyl groups is 1. The molecule has 0 amide bonds. The van der Waals surface area contributed by atoms with E-state index in [2.05, 4.69) is 87.5 Å². The molecule has 5 heteroatoms. The summed E-state index contributed by atoms with van der Waals surface area (Å²) < 4.78 is 6.31. The van der Waals surface area contributed by atoms with Gasteiger partial charge in [-0.25, -0.2) is 4.98 Å². The Labute approximate surface area is 253 Å². The van der Waals surface area contributed by atoms with Crippen molar-refractivity contribution in [1.29, 1.82) is 0 Å². The molecule has 0 aliphatic heterocycles. The number of oxazole rings is 1. The van der Waals surface area contributed by atoms with Gasteiger partial charge in [0.1, 0.15) is 11.3 Å². The Kier molecular flexibility index (Phi) is 6.75. The van der Waals surface area contributed by atoms with Gasteiger partial charge in [-0.15, -0.1) is 17.7 Å². The molecule has 5 aromatic carbocycles. The molecule has 0 atom stereocenters. The fourth-order valence-corrected chi connectivity index (χ4v) is 5.25. The fraction of sp³-hybridized carbons (Fsp3) is 0.111. The topological polar surface area (TPSA) is 59.2 Å². The molecular formula is C36H27N2O2Pt-. The number of rotatable bonds is 3. The maximum atomic E-state index is 10.5. The predicted molar refractivity (Wildman–Crippen MR) is 162 cm³/mol. The van der Waals surface area contributed by atoms with Crippen molar-refractivity contribution in [1.82, 2.24) is 9.97 Å². The zero-order valence-electron chi connectivity index (χ0n) is 22.9. The molecule has 7 aromatic rings. The van der Waals surface area contributed by atoms with Gasteiger partial charge in [0.15, 0.2) is 0 Å². The second-order valence-corrected chi connectivity index (χ2v) is 11.2. The number of hydrogen-bond acceptors (Lipinski definition) is 4. The summed E-state index contributed by atoms with van der Waals surface area (Å²) in [5.41, 5.74) is 6.62. The predicted octanol–water partition coefficient (Wildman–Crippen LogP) is 9.33. The molecule has 0 radical (unpaired) electrons. The van der Waals surface area contributed by atoms with E-state index in [1.165, 1.54) is 0 Å². The fourth-order valence-electron chi connectivity index (χ4n) is 5.25. The molecule has 2 heterocycles. The van der Waals surface area contributed by atoms with E-state index in [1.54, 1.807) is 12.1 Å². The third kappa shape index (κ3) is 4.83. The van der Waals surface area contributed by atoms with Crippen LogP contribution in [0.1, 0.15) is 26.3 Å². The van der Waals surface area contributed by atoms with Gasteiger partial charge in [0.2, 0.25) is 5.89 Å². The minimum absolute atomic E-state index is 0. The summed E-state index contributed by atoms with van der Waals surface area (Å²) in [5.74, 6) is 0.519. The molecule has 0 aliphatic rings. The van der Waals surface area contributed by atoms with E-state index in [1.807, 2.05) is 30.5 Å². The van der Waals surface area contributed by atoms with Crippen LogP contribution in [0.15, 0.2) is 108 Å². The number of fused-ring (bicyclic) bond motifs is 3. The minimum Gasteiger partial charge on any atom is -0.507 e. The Morgan fingerprint density at radius 2 is 1.46 bits per heavy atom. The first kappa shape index (κ1) is 26.9. The van der Waals surface area contributed by atoms with Gasteiger partial charge in [0, 0.05) is 33.0 Å². The number of para-hydroxylation sites is 1. The van der Waals surface area contributed by atoms with Crippen LogP contribution in [0.4, 0.5) is 0 Å². The first-order valence-corrected chi connectivity index (χ1v) is 13.4. The van der Waals surface area contributed by atoms with Crippen molar-refractivity contribution in [3.05, 3.63) is 115 Å². The van der Waals surface area contributed by atoms with Crippen LogP contribution in [-0.4, -0.2) is 15.1 Å². The normalized spacial score (nSPS) is 11.7. The van der Waals surface area contributed by atoms with Crippen LogP contribution in [0.2, 0.25) is 0 Å². The third-order valence-corrected chi connectivity index (χ3v) is 7.46. The molecule has 0 fully saturated rings. The average Bonchev–Trinajstić information content (AvgIpc) is 3.40. The molecule has 204 valence electrons. The Hall–Kier alpha value is -4.27. The number of phenols is 1. The van der Waals surface area contributed by atoms with Crippen molar-refractivity contribution >= 4 is 32.6 Å². The maximum absolute atomic E-state index is 10.5. The number of aromatic nitrogens is 2. The summed E-state index contributed by atoms with van der Waals surface area (Å²) in [7, 11) is 0. The Bertz CT molecular complexity index is 2070. The van der Waals surface area contributed by atoms with E-state index < -0.39 is 0 Å². The van der Waals surface area contributed by atoms with Crippen LogP contribution in [0.5, 0.6) is 5.75 Å². The van der Waals surface area contributed by atoms with Gasteiger partial charge in [0.25, 0.3) is 0 Å². The molecule has 0 saturated carbocycles. The molecule has 0 unspecified atom stereocenters. The van der Waals surface area contributed by atoms with Gasteiger partial charge in [-0.1, -0.05) is 115 Å². The Morgan fingerprint density at radius 1 is 0.756 bits per heavy atom. The van der Waals surface area contributed by atoms with Crippen molar-refractivity contribution in [2.75, 3.05) is 0 Å². The van der Waals surface area contributed by atoms with E-state index >= 15 is 0 Å². The van der Waals surface area contributed by atoms with Gasteiger partial charge in [-0.05, 0) is 39.9 Å². The summed E-state index contributed by atoms with van der Waals surface area (Å²) in [6.45, 7) is 6.57. The monoisotopic (exact) mass is 714 g/mol. The Balaban J connectivity index is 0.00000302. The number of nitrogens with zero attached hydrogens (tertiary/aromatic N) is 2. The molecular weight excluding hydrogens is 687 g/mol. The largest absolute Gasteiger partial charge is 0.507 e. The van der Waals surface area contributed by atoms with E-state index in [-0.39, 0.29) is 32.2 Å². The minimum atomic E-state index is -0.127. The molecule has 4 nitrogen and oxygen atoms in total. The molecule has 0 bridgehead atoms. The van der Waals surface area contributed by atoms with Gasteiger partial charge in [0.05, 0.1) is 11.1 Å². The number of benzene rings is 5. The van der Waals surface area contributed by atoms with Crippen molar-refractivity contribution < 1.29 is 30.6 Å². The van der Waals surface area contributed by atoms with E-state index in [0.717, 1.165) is 55.0 Å². The van der Waals surface area contributed by atoms with E-state index in [9.17, 15) is 5.11 Å². The number of hydrogen-bond donors (Lipinski definition) is 1. The van der Waals surface area contributed by atoms with E-state index in [0.29, 0.717) is 17.0 Å². The zero-order valence-corrected chi connectivity index (χ0v) is 25.2. The van der Waals surface area contributed by atoms with Gasteiger partial charge in [-0.2, -0.15) is 0 Å². The number of pyridine rings is 1.